The quantitative estimate of drug-likeness (QED) is 0.397. The van der Waals surface area contributed by atoms with Gasteiger partial charge in [0.25, 0.3) is 5.56 Å². The molecule has 0 spiro atoms. The van der Waals surface area contributed by atoms with Gasteiger partial charge in [0.2, 0.25) is 17.7 Å². The normalized spacial score (nSPS) is 11.0. The molecule has 2 aromatic heterocycles. The Morgan fingerprint density at radius 3 is 2.66 bits per heavy atom. The summed E-state index contributed by atoms with van der Waals surface area (Å²) in [6.45, 7) is 1.79. The fourth-order valence-corrected chi connectivity index (χ4v) is 2.90. The number of aryl methyl sites for hydroxylation is 1. The zero-order valence-corrected chi connectivity index (χ0v) is 15.2. The number of ether oxygens (including phenoxy) is 1. The van der Waals surface area contributed by atoms with Crippen molar-refractivity contribution in [2.75, 3.05) is 12.4 Å². The molecule has 0 saturated heterocycles. The summed E-state index contributed by atoms with van der Waals surface area (Å²) in [5.74, 6) is -0.270. The van der Waals surface area contributed by atoms with E-state index in [0.29, 0.717) is 17.0 Å². The highest BCUT2D eigenvalue weighted by Crippen LogP contribution is 2.24. The summed E-state index contributed by atoms with van der Waals surface area (Å²) in [7, 11) is 1.56. The van der Waals surface area contributed by atoms with Gasteiger partial charge in [-0.15, -0.1) is 0 Å². The minimum absolute atomic E-state index is 0.0250. The van der Waals surface area contributed by atoms with E-state index < -0.39 is 22.0 Å². The van der Waals surface area contributed by atoms with E-state index in [9.17, 15) is 19.3 Å². The third-order valence-corrected chi connectivity index (χ3v) is 4.29. The number of nitro groups is 1. The molecule has 10 nitrogen and oxygen atoms in total. The highest BCUT2D eigenvalue weighted by Gasteiger charge is 2.18. The monoisotopic (exact) mass is 396 g/mol. The summed E-state index contributed by atoms with van der Waals surface area (Å²) in [6.07, 6.45) is 0. The van der Waals surface area contributed by atoms with Gasteiger partial charge in [-0.05, 0) is 25.1 Å². The Morgan fingerprint density at radius 2 is 1.93 bits per heavy atom. The number of anilines is 2. The summed E-state index contributed by atoms with van der Waals surface area (Å²) < 4.78 is 19.1. The second kappa shape index (κ2) is 6.78. The van der Waals surface area contributed by atoms with Crippen LogP contribution in [0.2, 0.25) is 0 Å². The molecule has 0 amide bonds. The summed E-state index contributed by atoms with van der Waals surface area (Å²) in [6, 6.07) is 7.01. The number of nitro benzene ring substituents is 1. The minimum Gasteiger partial charge on any atom is -0.497 e. The maximum atomic E-state index is 13.9. The van der Waals surface area contributed by atoms with Crippen LogP contribution < -0.4 is 15.6 Å². The molecule has 146 valence electrons. The van der Waals surface area contributed by atoms with E-state index in [1.54, 1.807) is 32.2 Å². The third-order valence-electron chi connectivity index (χ3n) is 4.29. The maximum Gasteiger partial charge on any atom is 0.305 e. The van der Waals surface area contributed by atoms with Gasteiger partial charge in [-0.2, -0.15) is 4.39 Å². The van der Waals surface area contributed by atoms with Gasteiger partial charge < -0.3 is 4.74 Å². The first-order valence-electron chi connectivity index (χ1n) is 8.33. The van der Waals surface area contributed by atoms with Crippen LogP contribution in [-0.2, 0) is 0 Å². The van der Waals surface area contributed by atoms with E-state index in [1.165, 1.54) is 0 Å². The molecule has 0 aliphatic carbocycles. The highest BCUT2D eigenvalue weighted by atomic mass is 19.1. The molecule has 2 aromatic carbocycles. The Morgan fingerprint density at radius 1 is 1.14 bits per heavy atom. The van der Waals surface area contributed by atoms with Gasteiger partial charge >= 0.3 is 5.69 Å². The molecule has 0 fully saturated rings. The predicted molar refractivity (Wildman–Crippen MR) is 103 cm³/mol. The van der Waals surface area contributed by atoms with Crippen LogP contribution in [0.3, 0.4) is 0 Å². The molecule has 0 unspecified atom stereocenters. The number of rotatable bonds is 4. The summed E-state index contributed by atoms with van der Waals surface area (Å²) in [5.41, 5.74) is -0.189. The first-order chi connectivity index (χ1) is 13.9. The molecule has 0 bridgehead atoms. The summed E-state index contributed by atoms with van der Waals surface area (Å²) in [5, 5.41) is 14.3. The molecule has 11 heteroatoms. The average Bonchev–Trinajstić information content (AvgIpc) is 2.67. The number of nitrogens with zero attached hydrogens (tertiary/aromatic N) is 4. The van der Waals surface area contributed by atoms with Crippen molar-refractivity contribution in [3.05, 3.63) is 62.3 Å². The van der Waals surface area contributed by atoms with Crippen LogP contribution in [0.5, 0.6) is 5.75 Å². The van der Waals surface area contributed by atoms with E-state index in [1.807, 2.05) is 0 Å². The second-order valence-corrected chi connectivity index (χ2v) is 6.13. The van der Waals surface area contributed by atoms with Crippen LogP contribution in [0.4, 0.5) is 22.0 Å². The van der Waals surface area contributed by atoms with E-state index >= 15 is 0 Å². The van der Waals surface area contributed by atoms with Gasteiger partial charge in [-0.3, -0.25) is 25.2 Å². The van der Waals surface area contributed by atoms with E-state index in [2.05, 4.69) is 25.3 Å². The number of nitrogens with one attached hydrogen (secondary N) is 2. The maximum absolute atomic E-state index is 13.9. The SMILES string of the molecule is COc1ccc2nc(Nc3nc4cc(F)c([N+](=O)[O-])cc4c(=O)[nH]3)nc(C)c2c1. The molecule has 2 N–H and O–H groups in total. The van der Waals surface area contributed by atoms with Gasteiger partial charge in [-0.1, -0.05) is 0 Å². The fourth-order valence-electron chi connectivity index (χ4n) is 2.90. The Kier molecular flexibility index (Phi) is 4.26. The smallest absolute Gasteiger partial charge is 0.305 e. The summed E-state index contributed by atoms with van der Waals surface area (Å²) in [4.78, 5) is 37.5. The van der Waals surface area contributed by atoms with E-state index in [0.717, 1.165) is 17.5 Å². The van der Waals surface area contributed by atoms with Crippen molar-refractivity contribution in [3.8, 4) is 5.75 Å². The molecule has 29 heavy (non-hydrogen) atoms. The van der Waals surface area contributed by atoms with Gasteiger partial charge in [0.15, 0.2) is 0 Å². The first kappa shape index (κ1) is 18.2. The minimum atomic E-state index is -1.08. The molecule has 2 heterocycles. The molecular formula is C18H13FN6O4. The first-order valence-corrected chi connectivity index (χ1v) is 8.33. The van der Waals surface area contributed by atoms with Gasteiger partial charge in [-0.25, -0.2) is 15.0 Å². The molecule has 4 aromatic rings. The highest BCUT2D eigenvalue weighted by molar-refractivity contribution is 5.84. The van der Waals surface area contributed by atoms with Crippen LogP contribution in [0.15, 0.2) is 35.1 Å². The average molecular weight is 396 g/mol. The van der Waals surface area contributed by atoms with Crippen LogP contribution in [0, 0.1) is 22.9 Å². The van der Waals surface area contributed by atoms with Crippen molar-refractivity contribution in [2.45, 2.75) is 6.92 Å². The van der Waals surface area contributed by atoms with Crippen LogP contribution in [0.1, 0.15) is 5.69 Å². The number of fused-ring (bicyclic) bond motifs is 2. The standard InChI is InChI=1S/C18H13FN6O4/c1-8-10-5-9(29-2)3-4-13(10)21-17(20-8)24-18-22-14-7-12(19)15(25(27)28)6-11(14)16(26)23-18/h3-7H,1-2H3,(H2,20,21,22,23,24,26). The van der Waals surface area contributed by atoms with Crippen molar-refractivity contribution in [1.82, 2.24) is 19.9 Å². The lowest BCUT2D eigenvalue weighted by Crippen LogP contribution is -2.13. The molecule has 0 saturated carbocycles. The van der Waals surface area contributed by atoms with Gasteiger partial charge in [0, 0.05) is 17.5 Å². The Balaban J connectivity index is 1.77. The van der Waals surface area contributed by atoms with E-state index in [-0.39, 0.29) is 22.8 Å². The fraction of sp³-hybridized carbons (Fsp3) is 0.111. The van der Waals surface area contributed by atoms with Crippen LogP contribution in [0.25, 0.3) is 21.8 Å². The largest absolute Gasteiger partial charge is 0.497 e. The third kappa shape index (κ3) is 3.29. The van der Waals surface area contributed by atoms with E-state index in [4.69, 9.17) is 4.74 Å². The van der Waals surface area contributed by atoms with Crippen molar-refractivity contribution in [2.24, 2.45) is 0 Å². The van der Waals surface area contributed by atoms with Crippen LogP contribution in [-0.4, -0.2) is 32.0 Å². The van der Waals surface area contributed by atoms with Crippen LogP contribution >= 0.6 is 0 Å². The van der Waals surface area contributed by atoms with Crippen molar-refractivity contribution < 1.29 is 14.1 Å². The lowest BCUT2D eigenvalue weighted by molar-refractivity contribution is -0.387. The predicted octanol–water partition coefficient (Wildman–Crippen LogP) is 2.97. The molecule has 0 atom stereocenters. The zero-order valence-electron chi connectivity index (χ0n) is 15.2. The molecule has 4 rings (SSSR count). The lowest BCUT2D eigenvalue weighted by Gasteiger charge is -2.09. The Labute approximate surface area is 161 Å². The second-order valence-electron chi connectivity index (χ2n) is 6.13. The number of methoxy groups -OCH3 is 1. The van der Waals surface area contributed by atoms with Gasteiger partial charge in [0.1, 0.15) is 5.75 Å². The molecule has 0 radical (unpaired) electrons. The summed E-state index contributed by atoms with van der Waals surface area (Å²) >= 11 is 0. The number of H-pyrrole nitrogens is 1. The molecular weight excluding hydrogens is 383 g/mol. The number of aromatic nitrogens is 4. The van der Waals surface area contributed by atoms with Crippen molar-refractivity contribution in [3.63, 3.8) is 0 Å². The molecule has 0 aliphatic heterocycles. The zero-order chi connectivity index (χ0) is 20.7. The number of benzene rings is 2. The topological polar surface area (TPSA) is 136 Å². The van der Waals surface area contributed by atoms with Crippen molar-refractivity contribution >= 4 is 39.4 Å². The lowest BCUT2D eigenvalue weighted by atomic mass is 10.2. The number of aromatic amines is 1. The van der Waals surface area contributed by atoms with Crippen molar-refractivity contribution in [1.29, 1.82) is 0 Å². The van der Waals surface area contributed by atoms with Gasteiger partial charge in [0.05, 0.1) is 34.1 Å². The Hall–Kier alpha value is -4.15. The Bertz CT molecular complexity index is 1350. The molecule has 0 aliphatic rings. The number of hydrogen-bond donors (Lipinski definition) is 2. The number of hydrogen-bond acceptors (Lipinski definition) is 8. The number of halogens is 1.